The molecule has 1 heterocycles. The Bertz CT molecular complexity index is 929. The molecule has 0 unspecified atom stereocenters. The maximum Gasteiger partial charge on any atom is 0.237 e. The minimum atomic E-state index is -0.535. The highest BCUT2D eigenvalue weighted by atomic mass is 32.2. The average Bonchev–Trinajstić information content (AvgIpc) is 2.97. The van der Waals surface area contributed by atoms with Crippen LogP contribution in [-0.2, 0) is 4.79 Å². The number of rotatable bonds is 5. The van der Waals surface area contributed by atoms with Crippen LogP contribution in [0.15, 0.2) is 53.7 Å². The lowest BCUT2D eigenvalue weighted by Crippen LogP contribution is -2.23. The van der Waals surface area contributed by atoms with Crippen molar-refractivity contribution in [2.24, 2.45) is 0 Å². The number of benzene rings is 2. The molecule has 3 rings (SSSR count). The van der Waals surface area contributed by atoms with Crippen LogP contribution in [0.25, 0.3) is 11.4 Å². The van der Waals surface area contributed by atoms with E-state index in [9.17, 15) is 13.6 Å². The van der Waals surface area contributed by atoms with Crippen LogP contribution >= 0.6 is 11.8 Å². The minimum Gasteiger partial charge on any atom is -0.335 e. The minimum absolute atomic E-state index is 0.290. The first kappa shape index (κ1) is 17.9. The molecule has 0 aliphatic heterocycles. The van der Waals surface area contributed by atoms with Crippen LogP contribution < -0.4 is 11.2 Å². The second-order valence-electron chi connectivity index (χ2n) is 5.44. The van der Waals surface area contributed by atoms with Gasteiger partial charge in [0.15, 0.2) is 5.82 Å². The Balaban J connectivity index is 1.70. The van der Waals surface area contributed by atoms with E-state index in [1.807, 2.05) is 0 Å². The van der Waals surface area contributed by atoms with Crippen molar-refractivity contribution in [3.05, 3.63) is 60.2 Å². The van der Waals surface area contributed by atoms with Crippen LogP contribution in [0.5, 0.6) is 0 Å². The SMILES string of the molecule is C[C@H](Sc1nnc(-c2cccc(F)c2)n1N)C(=O)Nc1ccc(F)cc1. The number of thioether (sulfide) groups is 1. The fraction of sp³-hybridized carbons (Fsp3) is 0.118. The van der Waals surface area contributed by atoms with E-state index in [1.54, 1.807) is 19.1 Å². The van der Waals surface area contributed by atoms with E-state index in [4.69, 9.17) is 5.84 Å². The number of carbonyl (C=O) groups is 1. The first-order valence-corrected chi connectivity index (χ1v) is 8.51. The number of nitrogens with zero attached hydrogens (tertiary/aromatic N) is 3. The van der Waals surface area contributed by atoms with Gasteiger partial charge < -0.3 is 11.2 Å². The molecule has 0 aliphatic rings. The number of anilines is 1. The maximum absolute atomic E-state index is 13.4. The van der Waals surface area contributed by atoms with Crippen molar-refractivity contribution in [1.82, 2.24) is 14.9 Å². The molecule has 0 saturated carbocycles. The lowest BCUT2D eigenvalue weighted by Gasteiger charge is -2.11. The summed E-state index contributed by atoms with van der Waals surface area (Å²) in [5.74, 6) is 5.18. The van der Waals surface area contributed by atoms with Gasteiger partial charge in [-0.25, -0.2) is 13.5 Å². The zero-order chi connectivity index (χ0) is 18.7. The van der Waals surface area contributed by atoms with Crippen molar-refractivity contribution < 1.29 is 13.6 Å². The highest BCUT2D eigenvalue weighted by molar-refractivity contribution is 8.00. The first-order chi connectivity index (χ1) is 12.4. The van der Waals surface area contributed by atoms with E-state index < -0.39 is 11.1 Å². The molecule has 1 atom stereocenters. The Hall–Kier alpha value is -2.94. The Morgan fingerprint density at radius 3 is 2.58 bits per heavy atom. The summed E-state index contributed by atoms with van der Waals surface area (Å²) in [6, 6.07) is 11.3. The van der Waals surface area contributed by atoms with Crippen LogP contribution in [-0.4, -0.2) is 26.0 Å². The van der Waals surface area contributed by atoms with E-state index in [0.29, 0.717) is 16.4 Å². The molecular formula is C17H15F2N5OS. The summed E-state index contributed by atoms with van der Waals surface area (Å²) in [5, 5.41) is 10.4. The Morgan fingerprint density at radius 2 is 1.88 bits per heavy atom. The molecule has 3 aromatic rings. The molecule has 26 heavy (non-hydrogen) atoms. The topological polar surface area (TPSA) is 85.8 Å². The molecule has 0 fully saturated rings. The van der Waals surface area contributed by atoms with Crippen molar-refractivity contribution in [3.8, 4) is 11.4 Å². The first-order valence-electron chi connectivity index (χ1n) is 7.63. The van der Waals surface area contributed by atoms with Gasteiger partial charge in [0.2, 0.25) is 11.1 Å². The fourth-order valence-corrected chi connectivity index (χ4v) is 2.94. The quantitative estimate of drug-likeness (QED) is 0.529. The number of halogens is 2. The van der Waals surface area contributed by atoms with Gasteiger partial charge in [0.1, 0.15) is 11.6 Å². The number of carbonyl (C=O) groups excluding carboxylic acids is 1. The molecule has 0 spiro atoms. The number of nitrogen functional groups attached to an aromatic ring is 1. The van der Waals surface area contributed by atoms with Gasteiger partial charge in [-0.1, -0.05) is 23.9 Å². The van der Waals surface area contributed by atoms with Crippen LogP contribution in [0.4, 0.5) is 14.5 Å². The number of amides is 1. The van der Waals surface area contributed by atoms with Gasteiger partial charge in [-0.15, -0.1) is 10.2 Å². The Kier molecular flexibility index (Phi) is 5.17. The Morgan fingerprint density at radius 1 is 1.15 bits per heavy atom. The monoisotopic (exact) mass is 375 g/mol. The Labute approximate surface area is 152 Å². The van der Waals surface area contributed by atoms with Gasteiger partial charge in [0.25, 0.3) is 0 Å². The third-order valence-corrected chi connectivity index (χ3v) is 4.57. The molecule has 1 aromatic heterocycles. The van der Waals surface area contributed by atoms with Gasteiger partial charge in [-0.3, -0.25) is 4.79 Å². The fourth-order valence-electron chi connectivity index (χ4n) is 2.17. The zero-order valence-electron chi connectivity index (χ0n) is 13.7. The van der Waals surface area contributed by atoms with Gasteiger partial charge >= 0.3 is 0 Å². The standard InChI is InChI=1S/C17H15F2N5OS/c1-10(16(25)21-14-7-5-12(18)6-8-14)26-17-23-22-15(24(17)20)11-3-2-4-13(19)9-11/h2-10H,20H2,1H3,(H,21,25)/t10-/m0/s1. The summed E-state index contributed by atoms with van der Waals surface area (Å²) in [4.78, 5) is 12.3. The highest BCUT2D eigenvalue weighted by Gasteiger charge is 2.20. The third-order valence-electron chi connectivity index (χ3n) is 3.51. The summed E-state index contributed by atoms with van der Waals surface area (Å²) < 4.78 is 27.5. The lowest BCUT2D eigenvalue weighted by molar-refractivity contribution is -0.115. The molecule has 2 aromatic carbocycles. The predicted octanol–water partition coefficient (Wildman–Crippen LogP) is 3.06. The molecule has 0 bridgehead atoms. The number of hydrogen-bond acceptors (Lipinski definition) is 5. The van der Waals surface area contributed by atoms with E-state index in [-0.39, 0.29) is 17.5 Å². The summed E-state index contributed by atoms with van der Waals surface area (Å²) in [6.45, 7) is 1.68. The summed E-state index contributed by atoms with van der Waals surface area (Å²) >= 11 is 1.10. The molecule has 9 heteroatoms. The zero-order valence-corrected chi connectivity index (χ0v) is 14.5. The molecule has 134 valence electrons. The van der Waals surface area contributed by atoms with Crippen molar-refractivity contribution in [2.45, 2.75) is 17.3 Å². The van der Waals surface area contributed by atoms with Crippen LogP contribution in [0, 0.1) is 11.6 Å². The van der Waals surface area contributed by atoms with E-state index in [1.165, 1.54) is 41.1 Å². The second kappa shape index (κ2) is 7.52. The van der Waals surface area contributed by atoms with Gasteiger partial charge in [-0.2, -0.15) is 0 Å². The molecule has 6 nitrogen and oxygen atoms in total. The second-order valence-corrected chi connectivity index (χ2v) is 6.75. The van der Waals surface area contributed by atoms with Crippen LogP contribution in [0.3, 0.4) is 0 Å². The van der Waals surface area contributed by atoms with Gasteiger partial charge in [0.05, 0.1) is 5.25 Å². The number of nitrogens with two attached hydrogens (primary N) is 1. The summed E-state index contributed by atoms with van der Waals surface area (Å²) in [6.07, 6.45) is 0. The third kappa shape index (κ3) is 3.99. The van der Waals surface area contributed by atoms with E-state index in [2.05, 4.69) is 15.5 Å². The lowest BCUT2D eigenvalue weighted by atomic mass is 10.2. The molecule has 0 radical (unpaired) electrons. The highest BCUT2D eigenvalue weighted by Crippen LogP contribution is 2.25. The van der Waals surface area contributed by atoms with Crippen molar-refractivity contribution in [1.29, 1.82) is 0 Å². The predicted molar refractivity (Wildman–Crippen MR) is 95.9 cm³/mol. The number of hydrogen-bond donors (Lipinski definition) is 2. The molecule has 3 N–H and O–H groups in total. The summed E-state index contributed by atoms with van der Waals surface area (Å²) in [7, 11) is 0. The van der Waals surface area contributed by atoms with Gasteiger partial charge in [0, 0.05) is 11.3 Å². The molecule has 0 saturated heterocycles. The van der Waals surface area contributed by atoms with Crippen molar-refractivity contribution in [3.63, 3.8) is 0 Å². The largest absolute Gasteiger partial charge is 0.335 e. The van der Waals surface area contributed by atoms with Crippen LogP contribution in [0.2, 0.25) is 0 Å². The van der Waals surface area contributed by atoms with E-state index in [0.717, 1.165) is 11.8 Å². The van der Waals surface area contributed by atoms with Crippen molar-refractivity contribution in [2.75, 3.05) is 11.2 Å². The van der Waals surface area contributed by atoms with Gasteiger partial charge in [-0.05, 0) is 43.3 Å². The number of aromatic nitrogens is 3. The summed E-state index contributed by atoms with van der Waals surface area (Å²) in [5.41, 5.74) is 0.966. The normalized spacial score (nSPS) is 12.0. The van der Waals surface area contributed by atoms with Crippen molar-refractivity contribution >= 4 is 23.4 Å². The number of nitrogens with one attached hydrogen (secondary N) is 1. The smallest absolute Gasteiger partial charge is 0.237 e. The average molecular weight is 375 g/mol. The van der Waals surface area contributed by atoms with Crippen LogP contribution in [0.1, 0.15) is 6.92 Å². The molecular weight excluding hydrogens is 360 g/mol. The molecule has 0 aliphatic carbocycles. The maximum atomic E-state index is 13.4. The van der Waals surface area contributed by atoms with E-state index >= 15 is 0 Å². The molecule has 1 amide bonds.